The maximum atomic E-state index is 4.05. The van der Waals surface area contributed by atoms with Gasteiger partial charge in [-0.2, -0.15) is 0 Å². The van der Waals surface area contributed by atoms with E-state index >= 15 is 0 Å². The average molecular weight is 213 g/mol. The van der Waals surface area contributed by atoms with Crippen molar-refractivity contribution >= 4 is 5.69 Å². The van der Waals surface area contributed by atoms with Crippen LogP contribution in [0.2, 0.25) is 0 Å². The third kappa shape index (κ3) is 2.08. The van der Waals surface area contributed by atoms with E-state index in [-0.39, 0.29) is 0 Å². The summed E-state index contributed by atoms with van der Waals surface area (Å²) in [6.07, 6.45) is 8.34. The van der Waals surface area contributed by atoms with Gasteiger partial charge in [-0.05, 0) is 37.0 Å². The summed E-state index contributed by atoms with van der Waals surface area (Å²) >= 11 is 0. The third-order valence-corrected chi connectivity index (χ3v) is 2.94. The largest absolute Gasteiger partial charge is 0.385 e. The maximum Gasteiger partial charge on any atom is 0.0991 e. The second-order valence-electron chi connectivity index (χ2n) is 4.34. The highest BCUT2D eigenvalue weighted by atomic mass is 15.0. The predicted octanol–water partition coefficient (Wildman–Crippen LogP) is 2.69. The molecule has 16 heavy (non-hydrogen) atoms. The molecule has 0 unspecified atom stereocenters. The minimum Gasteiger partial charge on any atom is -0.385 e. The molecular formula is C13H15N3. The van der Waals surface area contributed by atoms with Gasteiger partial charge in [0.1, 0.15) is 0 Å². The fourth-order valence-corrected chi connectivity index (χ4v) is 1.77. The number of rotatable bonds is 4. The van der Waals surface area contributed by atoms with Gasteiger partial charge in [0.25, 0.3) is 0 Å². The molecule has 1 fully saturated rings. The van der Waals surface area contributed by atoms with Crippen molar-refractivity contribution in [2.75, 3.05) is 11.9 Å². The van der Waals surface area contributed by atoms with Crippen molar-refractivity contribution in [3.63, 3.8) is 0 Å². The van der Waals surface area contributed by atoms with E-state index < -0.39 is 0 Å². The van der Waals surface area contributed by atoms with Crippen molar-refractivity contribution in [2.45, 2.75) is 12.8 Å². The number of anilines is 1. The normalized spacial score (nSPS) is 15.0. The summed E-state index contributed by atoms with van der Waals surface area (Å²) in [7, 11) is 0. The van der Waals surface area contributed by atoms with E-state index in [0.717, 1.165) is 18.2 Å². The van der Waals surface area contributed by atoms with Crippen molar-refractivity contribution in [3.8, 4) is 5.69 Å². The second kappa shape index (κ2) is 4.00. The Kier molecular flexibility index (Phi) is 2.37. The zero-order valence-corrected chi connectivity index (χ0v) is 9.13. The van der Waals surface area contributed by atoms with Crippen molar-refractivity contribution in [3.05, 3.63) is 43.0 Å². The smallest absolute Gasteiger partial charge is 0.0991 e. The lowest BCUT2D eigenvalue weighted by atomic mass is 10.2. The summed E-state index contributed by atoms with van der Waals surface area (Å²) in [6, 6.07) is 8.43. The highest BCUT2D eigenvalue weighted by molar-refractivity contribution is 5.51. The van der Waals surface area contributed by atoms with Gasteiger partial charge in [0.15, 0.2) is 0 Å². The van der Waals surface area contributed by atoms with E-state index in [9.17, 15) is 0 Å². The van der Waals surface area contributed by atoms with E-state index in [4.69, 9.17) is 0 Å². The molecule has 1 aliphatic carbocycles. The van der Waals surface area contributed by atoms with Gasteiger partial charge in [-0.3, -0.25) is 0 Å². The van der Waals surface area contributed by atoms with Crippen LogP contribution in [0.3, 0.4) is 0 Å². The zero-order valence-electron chi connectivity index (χ0n) is 9.13. The Morgan fingerprint density at radius 3 is 3.06 bits per heavy atom. The number of imidazole rings is 1. The molecule has 1 aromatic heterocycles. The Morgan fingerprint density at radius 1 is 1.38 bits per heavy atom. The van der Waals surface area contributed by atoms with Gasteiger partial charge in [-0.1, -0.05) is 6.07 Å². The molecule has 0 spiro atoms. The first kappa shape index (κ1) is 9.46. The van der Waals surface area contributed by atoms with Crippen LogP contribution in [0.1, 0.15) is 12.8 Å². The Hall–Kier alpha value is -1.77. The summed E-state index contributed by atoms with van der Waals surface area (Å²) in [5.41, 5.74) is 2.34. The summed E-state index contributed by atoms with van der Waals surface area (Å²) in [5, 5.41) is 3.48. The number of nitrogens with one attached hydrogen (secondary N) is 1. The van der Waals surface area contributed by atoms with E-state index in [2.05, 4.69) is 34.6 Å². The molecular weight excluding hydrogens is 198 g/mol. The molecule has 0 bridgehead atoms. The minimum atomic E-state index is 0.900. The second-order valence-corrected chi connectivity index (χ2v) is 4.34. The maximum absolute atomic E-state index is 4.05. The van der Waals surface area contributed by atoms with Crippen molar-refractivity contribution in [1.29, 1.82) is 0 Å². The van der Waals surface area contributed by atoms with E-state index in [0.29, 0.717) is 0 Å². The molecule has 0 amide bonds. The molecule has 1 aromatic carbocycles. The lowest BCUT2D eigenvalue weighted by Crippen LogP contribution is -2.03. The van der Waals surface area contributed by atoms with Crippen LogP contribution in [0.15, 0.2) is 43.0 Å². The molecule has 3 rings (SSSR count). The Bertz CT molecular complexity index is 458. The summed E-state index contributed by atoms with van der Waals surface area (Å²) < 4.78 is 2.02. The highest BCUT2D eigenvalue weighted by Crippen LogP contribution is 2.29. The van der Waals surface area contributed by atoms with E-state index in [1.165, 1.54) is 18.5 Å². The van der Waals surface area contributed by atoms with Gasteiger partial charge >= 0.3 is 0 Å². The monoisotopic (exact) mass is 213 g/mol. The fraction of sp³-hybridized carbons (Fsp3) is 0.308. The number of aromatic nitrogens is 2. The first-order valence-electron chi connectivity index (χ1n) is 5.74. The quantitative estimate of drug-likeness (QED) is 0.846. The SMILES string of the molecule is c1cc(NCC2CC2)cc(-n2ccnc2)c1. The Balaban J connectivity index is 1.76. The zero-order chi connectivity index (χ0) is 10.8. The molecule has 82 valence electrons. The topological polar surface area (TPSA) is 29.9 Å². The number of hydrogen-bond donors (Lipinski definition) is 1. The molecule has 3 nitrogen and oxygen atoms in total. The van der Waals surface area contributed by atoms with Crippen LogP contribution in [0.25, 0.3) is 5.69 Å². The molecule has 0 radical (unpaired) electrons. The first-order chi connectivity index (χ1) is 7.92. The van der Waals surface area contributed by atoms with E-state index in [1.54, 1.807) is 6.20 Å². The summed E-state index contributed by atoms with van der Waals surface area (Å²) in [5.74, 6) is 0.900. The van der Waals surface area contributed by atoms with Crippen LogP contribution in [0, 0.1) is 5.92 Å². The van der Waals surface area contributed by atoms with Crippen LogP contribution in [-0.2, 0) is 0 Å². The van der Waals surface area contributed by atoms with Gasteiger partial charge in [0.05, 0.1) is 6.33 Å². The lowest BCUT2D eigenvalue weighted by molar-refractivity contribution is 0.889. The van der Waals surface area contributed by atoms with Crippen LogP contribution < -0.4 is 5.32 Å². The van der Waals surface area contributed by atoms with Gasteiger partial charge in [0, 0.05) is 30.3 Å². The van der Waals surface area contributed by atoms with E-state index in [1.807, 2.05) is 17.1 Å². The fourth-order valence-electron chi connectivity index (χ4n) is 1.77. The standard InChI is InChI=1S/C13H15N3/c1-2-12(15-9-11-4-5-11)8-13(3-1)16-7-6-14-10-16/h1-3,6-8,10-11,15H,4-5,9H2. The van der Waals surface area contributed by atoms with Crippen LogP contribution in [-0.4, -0.2) is 16.1 Å². The molecule has 1 heterocycles. The predicted molar refractivity (Wildman–Crippen MR) is 64.8 cm³/mol. The Morgan fingerprint density at radius 2 is 2.31 bits per heavy atom. The van der Waals surface area contributed by atoms with Crippen LogP contribution >= 0.6 is 0 Å². The molecule has 1 N–H and O–H groups in total. The molecule has 3 heteroatoms. The van der Waals surface area contributed by atoms with Crippen molar-refractivity contribution in [1.82, 2.24) is 9.55 Å². The lowest BCUT2D eigenvalue weighted by Gasteiger charge is -2.08. The van der Waals surface area contributed by atoms with Gasteiger partial charge in [0.2, 0.25) is 0 Å². The molecule has 2 aromatic rings. The molecule has 0 aliphatic heterocycles. The summed E-state index contributed by atoms with van der Waals surface area (Å²) in [6.45, 7) is 1.10. The first-order valence-corrected chi connectivity index (χ1v) is 5.74. The van der Waals surface area contributed by atoms with Gasteiger partial charge < -0.3 is 9.88 Å². The minimum absolute atomic E-state index is 0.900. The van der Waals surface area contributed by atoms with Crippen molar-refractivity contribution in [2.24, 2.45) is 5.92 Å². The van der Waals surface area contributed by atoms with Gasteiger partial charge in [-0.25, -0.2) is 4.98 Å². The number of benzene rings is 1. The number of nitrogens with zero attached hydrogens (tertiary/aromatic N) is 2. The van der Waals surface area contributed by atoms with Crippen LogP contribution in [0.5, 0.6) is 0 Å². The molecule has 0 saturated heterocycles. The molecule has 1 aliphatic rings. The summed E-state index contributed by atoms with van der Waals surface area (Å²) in [4.78, 5) is 4.05. The molecule has 1 saturated carbocycles. The molecule has 0 atom stereocenters. The van der Waals surface area contributed by atoms with Crippen LogP contribution in [0.4, 0.5) is 5.69 Å². The third-order valence-electron chi connectivity index (χ3n) is 2.94. The van der Waals surface area contributed by atoms with Gasteiger partial charge in [-0.15, -0.1) is 0 Å². The van der Waals surface area contributed by atoms with Crippen molar-refractivity contribution < 1.29 is 0 Å². The Labute approximate surface area is 95.1 Å². The average Bonchev–Trinajstić information content (AvgIpc) is 2.99. The highest BCUT2D eigenvalue weighted by Gasteiger charge is 2.20. The number of hydrogen-bond acceptors (Lipinski definition) is 2.